The van der Waals surface area contributed by atoms with Gasteiger partial charge in [-0.15, -0.1) is 12.4 Å². The molecule has 0 radical (unpaired) electrons. The minimum absolute atomic E-state index is 0. The van der Waals surface area contributed by atoms with Gasteiger partial charge < -0.3 is 15.8 Å². The number of nitrogens with two attached hydrogens (primary N) is 1. The molecule has 1 aliphatic rings. The Morgan fingerprint density at radius 1 is 1.15 bits per heavy atom. The molecule has 0 saturated carbocycles. The second-order valence-electron chi connectivity index (χ2n) is 6.43. The van der Waals surface area contributed by atoms with Crippen LogP contribution in [0.4, 0.5) is 4.39 Å². The van der Waals surface area contributed by atoms with Crippen molar-refractivity contribution >= 4 is 18.3 Å². The Hall–Kier alpha value is -1.95. The number of amides is 1. The number of benzene rings is 2. The van der Waals surface area contributed by atoms with Crippen molar-refractivity contribution < 1.29 is 13.9 Å². The SMILES string of the molecule is Cl.NC(CNC(=O)C1(c2cccc(F)c2)CCOCC1)c1ccccc1. The number of halogens is 2. The van der Waals surface area contributed by atoms with Gasteiger partial charge in [-0.1, -0.05) is 42.5 Å². The summed E-state index contributed by atoms with van der Waals surface area (Å²) in [7, 11) is 0. The highest BCUT2D eigenvalue weighted by molar-refractivity contribution is 5.88. The Kier molecular flexibility index (Phi) is 7.14. The Bertz CT molecular complexity index is 721. The molecule has 140 valence electrons. The van der Waals surface area contributed by atoms with Gasteiger partial charge in [-0.25, -0.2) is 4.39 Å². The summed E-state index contributed by atoms with van der Waals surface area (Å²) >= 11 is 0. The Balaban J connectivity index is 0.00000243. The molecule has 1 atom stereocenters. The van der Waals surface area contributed by atoms with Crippen LogP contribution < -0.4 is 11.1 Å². The largest absolute Gasteiger partial charge is 0.381 e. The number of hydrogen-bond donors (Lipinski definition) is 2. The van der Waals surface area contributed by atoms with E-state index in [1.165, 1.54) is 12.1 Å². The molecule has 3 rings (SSSR count). The molecule has 1 saturated heterocycles. The Morgan fingerprint density at radius 3 is 2.50 bits per heavy atom. The first-order valence-electron chi connectivity index (χ1n) is 8.54. The maximum atomic E-state index is 13.7. The molecule has 1 heterocycles. The standard InChI is InChI=1S/C20H23FN2O2.ClH/c21-17-8-4-7-16(13-17)20(9-11-25-12-10-20)19(24)23-14-18(22)15-5-2-1-3-6-15;/h1-8,13,18H,9-12,14,22H2,(H,23,24);1H. The molecule has 0 spiro atoms. The molecule has 0 aromatic heterocycles. The summed E-state index contributed by atoms with van der Waals surface area (Å²) in [6.45, 7) is 1.30. The molecule has 3 N–H and O–H groups in total. The lowest BCUT2D eigenvalue weighted by Crippen LogP contribution is -2.49. The monoisotopic (exact) mass is 378 g/mol. The van der Waals surface area contributed by atoms with Gasteiger partial charge in [0.15, 0.2) is 0 Å². The van der Waals surface area contributed by atoms with Crippen molar-refractivity contribution in [2.75, 3.05) is 19.8 Å². The van der Waals surface area contributed by atoms with Gasteiger partial charge in [0.1, 0.15) is 5.82 Å². The summed E-state index contributed by atoms with van der Waals surface area (Å²) in [6, 6.07) is 15.6. The zero-order chi connectivity index (χ0) is 17.7. The maximum absolute atomic E-state index is 13.7. The first kappa shape index (κ1) is 20.4. The maximum Gasteiger partial charge on any atom is 0.230 e. The van der Waals surface area contributed by atoms with E-state index in [4.69, 9.17) is 10.5 Å². The van der Waals surface area contributed by atoms with Crippen LogP contribution >= 0.6 is 12.4 Å². The third kappa shape index (κ3) is 4.41. The number of ether oxygens (including phenoxy) is 1. The van der Waals surface area contributed by atoms with E-state index >= 15 is 0 Å². The van der Waals surface area contributed by atoms with E-state index in [0.717, 1.165) is 5.56 Å². The van der Waals surface area contributed by atoms with E-state index in [2.05, 4.69) is 5.32 Å². The molecule has 0 bridgehead atoms. The summed E-state index contributed by atoms with van der Waals surface area (Å²) in [5, 5.41) is 2.97. The van der Waals surface area contributed by atoms with Crippen LogP contribution in [0.15, 0.2) is 54.6 Å². The molecule has 1 fully saturated rings. The zero-order valence-electron chi connectivity index (χ0n) is 14.5. The molecule has 2 aromatic rings. The Labute approximate surface area is 159 Å². The molecular formula is C20H24ClFN2O2. The normalized spacial score (nSPS) is 17.0. The number of carbonyl (C=O) groups is 1. The van der Waals surface area contributed by atoms with Crippen LogP contribution in [0.25, 0.3) is 0 Å². The predicted octanol–water partition coefficient (Wildman–Crippen LogP) is 3.11. The quantitative estimate of drug-likeness (QED) is 0.840. The summed E-state index contributed by atoms with van der Waals surface area (Å²) in [6.07, 6.45) is 1.06. The van der Waals surface area contributed by atoms with Crippen LogP contribution in [-0.2, 0) is 14.9 Å². The van der Waals surface area contributed by atoms with Gasteiger partial charge in [0.05, 0.1) is 5.41 Å². The average molecular weight is 379 g/mol. The number of hydrogen-bond acceptors (Lipinski definition) is 3. The molecule has 26 heavy (non-hydrogen) atoms. The highest BCUT2D eigenvalue weighted by Gasteiger charge is 2.41. The van der Waals surface area contributed by atoms with Crippen molar-refractivity contribution in [2.24, 2.45) is 5.73 Å². The van der Waals surface area contributed by atoms with Crippen molar-refractivity contribution in [3.05, 3.63) is 71.5 Å². The highest BCUT2D eigenvalue weighted by Crippen LogP contribution is 2.35. The second kappa shape index (κ2) is 9.12. The Morgan fingerprint density at radius 2 is 1.85 bits per heavy atom. The van der Waals surface area contributed by atoms with Gasteiger partial charge in [-0.2, -0.15) is 0 Å². The first-order chi connectivity index (χ1) is 12.1. The fraction of sp³-hybridized carbons (Fsp3) is 0.350. The van der Waals surface area contributed by atoms with Crippen LogP contribution in [0.5, 0.6) is 0 Å². The van der Waals surface area contributed by atoms with Crippen LogP contribution in [0.2, 0.25) is 0 Å². The number of carbonyl (C=O) groups excluding carboxylic acids is 1. The van der Waals surface area contributed by atoms with E-state index in [1.54, 1.807) is 6.07 Å². The highest BCUT2D eigenvalue weighted by atomic mass is 35.5. The summed E-state index contributed by atoms with van der Waals surface area (Å²) < 4.78 is 19.1. The predicted molar refractivity (Wildman–Crippen MR) is 102 cm³/mol. The van der Waals surface area contributed by atoms with E-state index < -0.39 is 5.41 Å². The smallest absolute Gasteiger partial charge is 0.230 e. The molecule has 1 unspecified atom stereocenters. The fourth-order valence-electron chi connectivity index (χ4n) is 3.34. The number of nitrogens with one attached hydrogen (secondary N) is 1. The van der Waals surface area contributed by atoms with Gasteiger partial charge in [-0.3, -0.25) is 4.79 Å². The molecular weight excluding hydrogens is 355 g/mol. The lowest BCUT2D eigenvalue weighted by molar-refractivity contribution is -0.130. The van der Waals surface area contributed by atoms with Gasteiger partial charge in [-0.05, 0) is 36.1 Å². The molecule has 4 nitrogen and oxygen atoms in total. The van der Waals surface area contributed by atoms with Crippen LogP contribution in [0, 0.1) is 5.82 Å². The van der Waals surface area contributed by atoms with E-state index in [-0.39, 0.29) is 30.2 Å². The minimum atomic E-state index is -0.767. The summed E-state index contributed by atoms with van der Waals surface area (Å²) in [4.78, 5) is 13.0. The minimum Gasteiger partial charge on any atom is -0.381 e. The third-order valence-corrected chi connectivity index (χ3v) is 4.87. The second-order valence-corrected chi connectivity index (χ2v) is 6.43. The number of rotatable bonds is 5. The van der Waals surface area contributed by atoms with Crippen molar-refractivity contribution in [3.63, 3.8) is 0 Å². The molecule has 1 amide bonds. The first-order valence-corrected chi connectivity index (χ1v) is 8.54. The van der Waals surface area contributed by atoms with E-state index in [1.807, 2.05) is 36.4 Å². The van der Waals surface area contributed by atoms with Crippen molar-refractivity contribution in [2.45, 2.75) is 24.3 Å². The van der Waals surface area contributed by atoms with Crippen molar-refractivity contribution in [3.8, 4) is 0 Å². The van der Waals surface area contributed by atoms with E-state index in [9.17, 15) is 9.18 Å². The van der Waals surface area contributed by atoms with Crippen molar-refractivity contribution in [1.82, 2.24) is 5.32 Å². The average Bonchev–Trinajstić information content (AvgIpc) is 2.67. The van der Waals surface area contributed by atoms with E-state index in [0.29, 0.717) is 38.2 Å². The van der Waals surface area contributed by atoms with Gasteiger partial charge in [0, 0.05) is 25.8 Å². The zero-order valence-corrected chi connectivity index (χ0v) is 15.3. The lowest BCUT2D eigenvalue weighted by Gasteiger charge is -2.36. The molecule has 6 heteroatoms. The van der Waals surface area contributed by atoms with Gasteiger partial charge >= 0.3 is 0 Å². The molecule has 2 aromatic carbocycles. The van der Waals surface area contributed by atoms with Crippen LogP contribution in [0.3, 0.4) is 0 Å². The van der Waals surface area contributed by atoms with Crippen LogP contribution in [-0.4, -0.2) is 25.7 Å². The molecule has 1 aliphatic heterocycles. The molecule has 0 aliphatic carbocycles. The van der Waals surface area contributed by atoms with Crippen molar-refractivity contribution in [1.29, 1.82) is 0 Å². The topological polar surface area (TPSA) is 64.3 Å². The van der Waals surface area contributed by atoms with Gasteiger partial charge in [0.25, 0.3) is 0 Å². The van der Waals surface area contributed by atoms with Crippen LogP contribution in [0.1, 0.15) is 30.0 Å². The summed E-state index contributed by atoms with van der Waals surface area (Å²) in [5.41, 5.74) is 7.08. The lowest BCUT2D eigenvalue weighted by atomic mass is 9.73. The fourth-order valence-corrected chi connectivity index (χ4v) is 3.34. The summed E-state index contributed by atoms with van der Waals surface area (Å²) in [5.74, 6) is -0.454. The van der Waals surface area contributed by atoms with Gasteiger partial charge in [0.2, 0.25) is 5.91 Å². The third-order valence-electron chi connectivity index (χ3n) is 4.87.